The summed E-state index contributed by atoms with van der Waals surface area (Å²) in [6, 6.07) is 4.31. The molecule has 1 saturated heterocycles. The van der Waals surface area contributed by atoms with Crippen molar-refractivity contribution in [1.82, 2.24) is 19.6 Å². The van der Waals surface area contributed by atoms with E-state index in [0.717, 1.165) is 45.6 Å². The van der Waals surface area contributed by atoms with Crippen LogP contribution in [0.25, 0.3) is 0 Å². The number of carbonyl (C=O) groups is 1. The van der Waals surface area contributed by atoms with Gasteiger partial charge in [-0.2, -0.15) is 5.10 Å². The number of carbonyl (C=O) groups excluding carboxylic acids is 1. The summed E-state index contributed by atoms with van der Waals surface area (Å²) in [6.07, 6.45) is 6.01. The molecule has 0 spiro atoms. The van der Waals surface area contributed by atoms with Crippen LogP contribution in [0, 0.1) is 5.92 Å². The highest BCUT2D eigenvalue weighted by Gasteiger charge is 2.46. The quantitative estimate of drug-likeness (QED) is 0.855. The topological polar surface area (TPSA) is 41.4 Å². The molecule has 1 saturated carbocycles. The van der Waals surface area contributed by atoms with Crippen molar-refractivity contribution >= 4 is 17.2 Å². The van der Waals surface area contributed by atoms with Gasteiger partial charge in [-0.25, -0.2) is 0 Å². The molecule has 4 rings (SSSR count). The van der Waals surface area contributed by atoms with E-state index in [1.54, 1.807) is 0 Å². The van der Waals surface area contributed by atoms with Crippen LogP contribution in [0.2, 0.25) is 0 Å². The Morgan fingerprint density at radius 2 is 2.25 bits per heavy atom. The molecule has 1 aliphatic heterocycles. The summed E-state index contributed by atoms with van der Waals surface area (Å²) in [7, 11) is 1.93. The van der Waals surface area contributed by atoms with E-state index in [1.165, 1.54) is 10.4 Å². The molecule has 6 heteroatoms. The first kappa shape index (κ1) is 15.8. The molecular weight excluding hydrogens is 320 g/mol. The molecule has 3 heterocycles. The second-order valence-corrected chi connectivity index (χ2v) is 7.96. The molecule has 1 aliphatic carbocycles. The second kappa shape index (κ2) is 6.69. The van der Waals surface area contributed by atoms with Crippen LogP contribution in [-0.2, 0) is 18.4 Å². The predicted molar refractivity (Wildman–Crippen MR) is 94.8 cm³/mol. The molecule has 2 fully saturated rings. The summed E-state index contributed by atoms with van der Waals surface area (Å²) >= 11 is 1.82. The fourth-order valence-electron chi connectivity index (χ4n) is 3.67. The fraction of sp³-hybridized carbons (Fsp3) is 0.556. The summed E-state index contributed by atoms with van der Waals surface area (Å²) in [6.45, 7) is 4.84. The number of nitrogens with zero attached hydrogens (tertiary/aromatic N) is 4. The van der Waals surface area contributed by atoms with Crippen LogP contribution in [0.3, 0.4) is 0 Å². The van der Waals surface area contributed by atoms with Gasteiger partial charge in [-0.1, -0.05) is 6.07 Å². The number of aromatic nitrogens is 2. The molecule has 0 aromatic carbocycles. The Bertz CT molecular complexity index is 696. The number of hydrogen-bond donors (Lipinski definition) is 0. The van der Waals surface area contributed by atoms with Crippen molar-refractivity contribution in [3.8, 4) is 0 Å². The maximum absolute atomic E-state index is 12.8. The largest absolute Gasteiger partial charge is 0.341 e. The molecule has 128 valence electrons. The number of rotatable bonds is 4. The lowest BCUT2D eigenvalue weighted by molar-refractivity contribution is -0.132. The molecule has 0 radical (unpaired) electrons. The smallest absolute Gasteiger partial charge is 0.226 e. The number of hydrogen-bond acceptors (Lipinski definition) is 4. The van der Waals surface area contributed by atoms with Gasteiger partial charge in [0.1, 0.15) is 0 Å². The third kappa shape index (κ3) is 3.39. The van der Waals surface area contributed by atoms with Gasteiger partial charge in [0.15, 0.2) is 0 Å². The van der Waals surface area contributed by atoms with Crippen molar-refractivity contribution in [1.29, 1.82) is 0 Å². The van der Waals surface area contributed by atoms with Gasteiger partial charge in [0.2, 0.25) is 5.91 Å². The van der Waals surface area contributed by atoms with Crippen molar-refractivity contribution in [2.24, 2.45) is 13.0 Å². The Labute approximate surface area is 146 Å². The first-order valence-electron chi connectivity index (χ1n) is 8.73. The average Bonchev–Trinajstić information content (AvgIpc) is 3.10. The van der Waals surface area contributed by atoms with E-state index in [-0.39, 0.29) is 5.92 Å². The highest BCUT2D eigenvalue weighted by atomic mass is 32.1. The zero-order chi connectivity index (χ0) is 16.5. The van der Waals surface area contributed by atoms with Gasteiger partial charge in [0.25, 0.3) is 0 Å². The first-order chi connectivity index (χ1) is 11.7. The van der Waals surface area contributed by atoms with Crippen molar-refractivity contribution in [3.63, 3.8) is 0 Å². The Morgan fingerprint density at radius 1 is 1.33 bits per heavy atom. The normalized spacial score (nSPS) is 24.8. The molecule has 1 amide bonds. The molecule has 24 heavy (non-hydrogen) atoms. The Kier molecular flexibility index (Phi) is 4.41. The van der Waals surface area contributed by atoms with Crippen LogP contribution >= 0.6 is 11.3 Å². The molecule has 0 unspecified atom stereocenters. The van der Waals surface area contributed by atoms with Gasteiger partial charge in [-0.05, 0) is 35.8 Å². The predicted octanol–water partition coefficient (Wildman–Crippen LogP) is 2.32. The number of thiophene rings is 1. The molecule has 0 bridgehead atoms. The van der Waals surface area contributed by atoms with E-state index in [9.17, 15) is 4.79 Å². The van der Waals surface area contributed by atoms with Crippen LogP contribution in [0.15, 0.2) is 29.9 Å². The Balaban J connectivity index is 1.31. The van der Waals surface area contributed by atoms with Gasteiger partial charge >= 0.3 is 0 Å². The van der Waals surface area contributed by atoms with Gasteiger partial charge < -0.3 is 4.90 Å². The molecule has 2 aliphatic rings. The fourth-order valence-corrected chi connectivity index (χ4v) is 4.42. The summed E-state index contributed by atoms with van der Waals surface area (Å²) in [5, 5.41) is 6.36. The Morgan fingerprint density at radius 3 is 3.00 bits per heavy atom. The minimum absolute atomic E-state index is 0.179. The summed E-state index contributed by atoms with van der Waals surface area (Å²) in [5.74, 6) is 0.913. The molecule has 2 aromatic rings. The lowest BCUT2D eigenvalue weighted by atomic mass is 10.2. The van der Waals surface area contributed by atoms with Crippen molar-refractivity contribution in [2.45, 2.75) is 25.3 Å². The van der Waals surface area contributed by atoms with Gasteiger partial charge in [0, 0.05) is 56.8 Å². The van der Waals surface area contributed by atoms with Crippen LogP contribution in [0.4, 0.5) is 0 Å². The van der Waals surface area contributed by atoms with Gasteiger partial charge in [-0.15, -0.1) is 11.3 Å². The standard InChI is InChI=1S/C18H24N4OS/c1-20-12-14(11-19-20)16-10-17(16)18(23)22-6-3-5-21(7-8-22)13-15-4-2-9-24-15/h2,4,9,11-12,16-17H,3,5-8,10,13H2,1H3/t16-,17-/m1/s1. The zero-order valence-corrected chi connectivity index (χ0v) is 14.9. The van der Waals surface area contributed by atoms with Crippen molar-refractivity contribution < 1.29 is 4.79 Å². The molecule has 0 N–H and O–H groups in total. The highest BCUT2D eigenvalue weighted by molar-refractivity contribution is 7.09. The minimum atomic E-state index is 0.179. The SMILES string of the molecule is Cn1cc([C@H]2C[C@H]2C(=O)N2CCCN(Cc3cccs3)CC2)cn1. The maximum Gasteiger partial charge on any atom is 0.226 e. The van der Waals surface area contributed by atoms with Crippen LogP contribution in [0.5, 0.6) is 0 Å². The van der Waals surface area contributed by atoms with E-state index < -0.39 is 0 Å². The molecular formula is C18H24N4OS. The monoisotopic (exact) mass is 344 g/mol. The van der Waals surface area contributed by atoms with Gasteiger partial charge in [0.05, 0.1) is 6.20 Å². The second-order valence-electron chi connectivity index (χ2n) is 6.93. The zero-order valence-electron chi connectivity index (χ0n) is 14.1. The third-order valence-corrected chi connectivity index (χ3v) is 5.98. The van der Waals surface area contributed by atoms with E-state index in [2.05, 4.69) is 32.4 Å². The van der Waals surface area contributed by atoms with E-state index in [1.807, 2.05) is 35.5 Å². The highest BCUT2D eigenvalue weighted by Crippen LogP contribution is 2.48. The van der Waals surface area contributed by atoms with Crippen molar-refractivity contribution in [3.05, 3.63) is 40.3 Å². The van der Waals surface area contributed by atoms with Gasteiger partial charge in [-0.3, -0.25) is 14.4 Å². The minimum Gasteiger partial charge on any atom is -0.341 e. The number of amides is 1. The molecule has 2 aromatic heterocycles. The summed E-state index contributed by atoms with van der Waals surface area (Å²) < 4.78 is 1.82. The first-order valence-corrected chi connectivity index (χ1v) is 9.61. The van der Waals surface area contributed by atoms with E-state index >= 15 is 0 Å². The third-order valence-electron chi connectivity index (χ3n) is 5.12. The van der Waals surface area contributed by atoms with E-state index in [4.69, 9.17) is 0 Å². The summed E-state index contributed by atoms with van der Waals surface area (Å²) in [4.78, 5) is 18.8. The van der Waals surface area contributed by atoms with Crippen LogP contribution < -0.4 is 0 Å². The summed E-state index contributed by atoms with van der Waals surface area (Å²) in [5.41, 5.74) is 1.21. The number of aryl methyl sites for hydroxylation is 1. The van der Waals surface area contributed by atoms with Crippen molar-refractivity contribution in [2.75, 3.05) is 26.2 Å². The lowest BCUT2D eigenvalue weighted by Gasteiger charge is -2.22. The average molecular weight is 344 g/mol. The van der Waals surface area contributed by atoms with Crippen LogP contribution in [-0.4, -0.2) is 51.7 Å². The lowest BCUT2D eigenvalue weighted by Crippen LogP contribution is -2.36. The van der Waals surface area contributed by atoms with Crippen LogP contribution in [0.1, 0.15) is 29.2 Å². The maximum atomic E-state index is 12.8. The molecule has 5 nitrogen and oxygen atoms in total. The Hall–Kier alpha value is -1.66. The molecule has 2 atom stereocenters. The van der Waals surface area contributed by atoms with E-state index in [0.29, 0.717) is 11.8 Å².